The molecule has 0 heterocycles. The van der Waals surface area contributed by atoms with Crippen LogP contribution in [0.4, 0.5) is 5.69 Å². The Morgan fingerprint density at radius 2 is 2.40 bits per heavy atom. The van der Waals surface area contributed by atoms with Crippen LogP contribution < -0.4 is 5.32 Å². The van der Waals surface area contributed by atoms with E-state index in [1.807, 2.05) is 12.1 Å². The van der Waals surface area contributed by atoms with Gasteiger partial charge < -0.3 is 10.5 Å². The lowest BCUT2D eigenvalue weighted by molar-refractivity contribution is -0.110. The van der Waals surface area contributed by atoms with Crippen LogP contribution in [0.25, 0.3) is 0 Å². The SMILES string of the molecule is CCc1ccc(NC(=O)/C=N/O)cc1Br. The minimum Gasteiger partial charge on any atom is -0.411 e. The molecule has 80 valence electrons. The number of aryl methyl sites for hydroxylation is 1. The summed E-state index contributed by atoms with van der Waals surface area (Å²) >= 11 is 3.40. The van der Waals surface area contributed by atoms with Crippen molar-refractivity contribution in [1.82, 2.24) is 0 Å². The summed E-state index contributed by atoms with van der Waals surface area (Å²) in [6.07, 6.45) is 1.73. The van der Waals surface area contributed by atoms with Gasteiger partial charge in [0.2, 0.25) is 0 Å². The van der Waals surface area contributed by atoms with Gasteiger partial charge in [0.25, 0.3) is 5.91 Å². The number of hydrogen-bond donors (Lipinski definition) is 2. The van der Waals surface area contributed by atoms with Crippen molar-refractivity contribution in [1.29, 1.82) is 0 Å². The minimum absolute atomic E-state index is 0.464. The number of benzene rings is 1. The molecule has 1 aromatic carbocycles. The third-order valence-corrected chi connectivity index (χ3v) is 2.61. The highest BCUT2D eigenvalue weighted by molar-refractivity contribution is 9.10. The van der Waals surface area contributed by atoms with Crippen LogP contribution >= 0.6 is 15.9 Å². The first-order chi connectivity index (χ1) is 7.17. The maximum absolute atomic E-state index is 11.0. The Hall–Kier alpha value is -1.36. The average molecular weight is 271 g/mol. The summed E-state index contributed by atoms with van der Waals surface area (Å²) < 4.78 is 0.948. The van der Waals surface area contributed by atoms with E-state index in [-0.39, 0.29) is 0 Å². The van der Waals surface area contributed by atoms with Crippen LogP contribution in [0.3, 0.4) is 0 Å². The van der Waals surface area contributed by atoms with Gasteiger partial charge in [-0.3, -0.25) is 4.79 Å². The molecule has 5 heteroatoms. The van der Waals surface area contributed by atoms with Crippen molar-refractivity contribution in [2.75, 3.05) is 5.32 Å². The molecule has 1 amide bonds. The van der Waals surface area contributed by atoms with E-state index in [1.54, 1.807) is 6.07 Å². The Kier molecular flexibility index (Phi) is 4.30. The van der Waals surface area contributed by atoms with Gasteiger partial charge >= 0.3 is 0 Å². The zero-order valence-corrected chi connectivity index (χ0v) is 9.78. The average Bonchev–Trinajstić information content (AvgIpc) is 2.18. The number of oxime groups is 1. The fourth-order valence-electron chi connectivity index (χ4n) is 1.14. The summed E-state index contributed by atoms with van der Waals surface area (Å²) in [5.41, 5.74) is 1.83. The molecule has 0 aromatic heterocycles. The van der Waals surface area contributed by atoms with E-state index >= 15 is 0 Å². The largest absolute Gasteiger partial charge is 0.411 e. The summed E-state index contributed by atoms with van der Waals surface area (Å²) in [5, 5.41) is 13.3. The molecule has 0 saturated heterocycles. The van der Waals surface area contributed by atoms with Crippen molar-refractivity contribution < 1.29 is 10.0 Å². The highest BCUT2D eigenvalue weighted by Gasteiger charge is 2.02. The molecule has 1 aromatic rings. The monoisotopic (exact) mass is 270 g/mol. The van der Waals surface area contributed by atoms with Crippen LogP contribution in [-0.2, 0) is 11.2 Å². The lowest BCUT2D eigenvalue weighted by Gasteiger charge is -2.05. The van der Waals surface area contributed by atoms with E-state index < -0.39 is 5.91 Å². The van der Waals surface area contributed by atoms with Crippen LogP contribution in [0.1, 0.15) is 12.5 Å². The number of nitrogens with one attached hydrogen (secondary N) is 1. The maximum Gasteiger partial charge on any atom is 0.270 e. The standard InChI is InChI=1S/C10H11BrN2O2/c1-2-7-3-4-8(5-9(7)11)13-10(14)6-12-15/h3-6,15H,2H2,1H3,(H,13,14)/b12-6+. The molecule has 15 heavy (non-hydrogen) atoms. The number of amides is 1. The second kappa shape index (κ2) is 5.50. The molecule has 0 fully saturated rings. The molecule has 0 bridgehead atoms. The van der Waals surface area contributed by atoms with Crippen LogP contribution in [0.15, 0.2) is 27.8 Å². The molecule has 4 nitrogen and oxygen atoms in total. The van der Waals surface area contributed by atoms with Crippen LogP contribution in [0.2, 0.25) is 0 Å². The van der Waals surface area contributed by atoms with E-state index in [0.29, 0.717) is 5.69 Å². The lowest BCUT2D eigenvalue weighted by Crippen LogP contribution is -2.12. The number of carbonyl (C=O) groups excluding carboxylic acids is 1. The number of anilines is 1. The van der Waals surface area contributed by atoms with Crippen molar-refractivity contribution in [2.24, 2.45) is 5.16 Å². The molecular weight excluding hydrogens is 260 g/mol. The summed E-state index contributed by atoms with van der Waals surface area (Å²) in [4.78, 5) is 11.0. The molecule has 0 unspecified atom stereocenters. The lowest BCUT2D eigenvalue weighted by atomic mass is 10.1. The van der Waals surface area contributed by atoms with Gasteiger partial charge in [0, 0.05) is 10.2 Å². The smallest absolute Gasteiger partial charge is 0.270 e. The number of carbonyl (C=O) groups is 1. The molecule has 0 aliphatic carbocycles. The van der Waals surface area contributed by atoms with E-state index in [2.05, 4.69) is 33.3 Å². The normalized spacial score (nSPS) is 10.5. The number of rotatable bonds is 3. The first-order valence-corrected chi connectivity index (χ1v) is 5.23. The molecule has 1 rings (SSSR count). The van der Waals surface area contributed by atoms with Gasteiger partial charge in [0.15, 0.2) is 0 Å². The van der Waals surface area contributed by atoms with E-state index in [0.717, 1.165) is 17.1 Å². The third-order valence-electron chi connectivity index (χ3n) is 1.88. The predicted molar refractivity (Wildman–Crippen MR) is 62.4 cm³/mol. The fourth-order valence-corrected chi connectivity index (χ4v) is 1.80. The van der Waals surface area contributed by atoms with Crippen LogP contribution in [0, 0.1) is 0 Å². The Morgan fingerprint density at radius 3 is 2.93 bits per heavy atom. The molecular formula is C10H11BrN2O2. The number of nitrogens with zero attached hydrogens (tertiary/aromatic N) is 1. The first-order valence-electron chi connectivity index (χ1n) is 4.44. The van der Waals surface area contributed by atoms with Gasteiger partial charge in [-0.25, -0.2) is 0 Å². The fraction of sp³-hybridized carbons (Fsp3) is 0.200. The molecule has 0 radical (unpaired) electrons. The minimum atomic E-state index is -0.464. The van der Waals surface area contributed by atoms with Gasteiger partial charge in [-0.2, -0.15) is 0 Å². The Morgan fingerprint density at radius 1 is 1.67 bits per heavy atom. The van der Waals surface area contributed by atoms with E-state index in [1.165, 1.54) is 5.56 Å². The Labute approximate surface area is 96.1 Å². The quantitative estimate of drug-likeness (QED) is 0.503. The van der Waals surface area contributed by atoms with Crippen molar-refractivity contribution in [2.45, 2.75) is 13.3 Å². The Bertz CT molecular complexity index is 391. The zero-order chi connectivity index (χ0) is 11.3. The van der Waals surface area contributed by atoms with Crippen LogP contribution in [0.5, 0.6) is 0 Å². The van der Waals surface area contributed by atoms with Gasteiger partial charge in [0.05, 0.1) is 0 Å². The third kappa shape index (κ3) is 3.36. The van der Waals surface area contributed by atoms with Crippen molar-refractivity contribution in [3.63, 3.8) is 0 Å². The molecule has 0 aliphatic heterocycles. The predicted octanol–water partition coefficient (Wildman–Crippen LogP) is 2.41. The molecule has 0 saturated carbocycles. The van der Waals surface area contributed by atoms with Crippen molar-refractivity contribution >= 4 is 33.7 Å². The maximum atomic E-state index is 11.0. The van der Waals surface area contributed by atoms with Crippen LogP contribution in [-0.4, -0.2) is 17.3 Å². The highest BCUT2D eigenvalue weighted by Crippen LogP contribution is 2.21. The summed E-state index contributed by atoms with van der Waals surface area (Å²) in [6.45, 7) is 2.05. The molecule has 0 aliphatic rings. The van der Waals surface area contributed by atoms with Gasteiger partial charge in [0.1, 0.15) is 6.21 Å². The molecule has 2 N–H and O–H groups in total. The molecule has 0 atom stereocenters. The van der Waals surface area contributed by atoms with Gasteiger partial charge in [-0.15, -0.1) is 0 Å². The van der Waals surface area contributed by atoms with Crippen molar-refractivity contribution in [3.8, 4) is 0 Å². The van der Waals surface area contributed by atoms with Crippen molar-refractivity contribution in [3.05, 3.63) is 28.2 Å². The molecule has 0 spiro atoms. The second-order valence-electron chi connectivity index (χ2n) is 2.89. The number of hydrogen-bond acceptors (Lipinski definition) is 3. The summed E-state index contributed by atoms with van der Waals surface area (Å²) in [6, 6.07) is 5.53. The number of halogens is 1. The Balaban J connectivity index is 2.79. The zero-order valence-electron chi connectivity index (χ0n) is 8.20. The second-order valence-corrected chi connectivity index (χ2v) is 3.75. The topological polar surface area (TPSA) is 61.7 Å². The van der Waals surface area contributed by atoms with E-state index in [4.69, 9.17) is 5.21 Å². The van der Waals surface area contributed by atoms with Gasteiger partial charge in [-0.05, 0) is 24.1 Å². The van der Waals surface area contributed by atoms with Gasteiger partial charge in [-0.1, -0.05) is 34.1 Å². The van der Waals surface area contributed by atoms with E-state index in [9.17, 15) is 4.79 Å². The summed E-state index contributed by atoms with van der Waals surface area (Å²) in [7, 11) is 0. The first kappa shape index (κ1) is 11.7. The highest BCUT2D eigenvalue weighted by atomic mass is 79.9. The summed E-state index contributed by atoms with van der Waals surface area (Å²) in [5.74, 6) is -0.464.